The third-order valence-corrected chi connectivity index (χ3v) is 3.22. The minimum atomic E-state index is -0.219. The average Bonchev–Trinajstić information content (AvgIpc) is 2.38. The Balaban J connectivity index is 2.11. The minimum Gasteiger partial charge on any atom is -0.381 e. The molecule has 2 rings (SSSR count). The predicted octanol–water partition coefficient (Wildman–Crippen LogP) is 4.05. The highest BCUT2D eigenvalue weighted by atomic mass is 19.1. The molecule has 0 heterocycles. The molecule has 2 nitrogen and oxygen atoms in total. The Bertz CT molecular complexity index is 644. The van der Waals surface area contributed by atoms with Crippen LogP contribution < -0.4 is 5.32 Å². The molecule has 0 saturated heterocycles. The minimum absolute atomic E-state index is 0.116. The molecule has 0 saturated carbocycles. The fraction of sp³-hybridized carbons (Fsp3) is 0.235. The van der Waals surface area contributed by atoms with Gasteiger partial charge < -0.3 is 5.32 Å². The number of nitrogens with one attached hydrogen (secondary N) is 1. The number of hydrogen-bond acceptors (Lipinski definition) is 2. The summed E-state index contributed by atoms with van der Waals surface area (Å²) in [6, 6.07) is 14.7. The van der Waals surface area contributed by atoms with Gasteiger partial charge in [0, 0.05) is 6.04 Å². The van der Waals surface area contributed by atoms with Crippen molar-refractivity contribution in [2.24, 2.45) is 0 Å². The predicted molar refractivity (Wildman–Crippen MR) is 79.1 cm³/mol. The van der Waals surface area contributed by atoms with Crippen LogP contribution in [0.3, 0.4) is 0 Å². The van der Waals surface area contributed by atoms with Crippen molar-refractivity contribution >= 4 is 5.69 Å². The van der Waals surface area contributed by atoms with E-state index < -0.39 is 0 Å². The molecule has 0 bridgehead atoms. The van der Waals surface area contributed by atoms with Gasteiger partial charge in [-0.2, -0.15) is 5.26 Å². The van der Waals surface area contributed by atoms with E-state index in [4.69, 9.17) is 0 Å². The second-order valence-electron chi connectivity index (χ2n) is 4.99. The summed E-state index contributed by atoms with van der Waals surface area (Å²) in [5.41, 5.74) is 3.39. The monoisotopic (exact) mass is 268 g/mol. The number of benzene rings is 2. The third kappa shape index (κ3) is 3.36. The Kier molecular flexibility index (Phi) is 4.37. The van der Waals surface area contributed by atoms with Gasteiger partial charge in [-0.3, -0.25) is 0 Å². The summed E-state index contributed by atoms with van der Waals surface area (Å²) in [6.07, 6.45) is 0.705. The molecule has 2 aromatic rings. The van der Waals surface area contributed by atoms with Gasteiger partial charge in [-0.05, 0) is 49.6 Å². The van der Waals surface area contributed by atoms with E-state index in [1.54, 1.807) is 12.1 Å². The number of aryl methyl sites for hydroxylation is 1. The van der Waals surface area contributed by atoms with Crippen LogP contribution >= 0.6 is 0 Å². The molecule has 0 radical (unpaired) electrons. The number of nitriles is 1. The maximum Gasteiger partial charge on any atom is 0.123 e. The average molecular weight is 268 g/mol. The molecule has 20 heavy (non-hydrogen) atoms. The van der Waals surface area contributed by atoms with Crippen molar-refractivity contribution in [2.75, 3.05) is 5.32 Å². The van der Waals surface area contributed by atoms with Gasteiger partial charge in [-0.1, -0.05) is 24.3 Å². The Morgan fingerprint density at radius 2 is 2.00 bits per heavy atom. The van der Waals surface area contributed by atoms with Gasteiger partial charge in [0.15, 0.2) is 0 Å². The first-order valence-corrected chi connectivity index (χ1v) is 6.61. The molecule has 0 aliphatic rings. The van der Waals surface area contributed by atoms with E-state index in [9.17, 15) is 9.65 Å². The van der Waals surface area contributed by atoms with Crippen LogP contribution in [0, 0.1) is 24.1 Å². The molecule has 3 heteroatoms. The van der Waals surface area contributed by atoms with Gasteiger partial charge in [0.2, 0.25) is 0 Å². The number of halogens is 1. The van der Waals surface area contributed by atoms with E-state index in [1.165, 1.54) is 6.07 Å². The van der Waals surface area contributed by atoms with E-state index in [2.05, 4.69) is 11.4 Å². The maximum absolute atomic E-state index is 13.2. The Morgan fingerprint density at radius 3 is 2.70 bits per heavy atom. The lowest BCUT2D eigenvalue weighted by molar-refractivity contribution is 0.624. The molecule has 0 aliphatic heterocycles. The molecular weight excluding hydrogens is 251 g/mol. The van der Waals surface area contributed by atoms with Crippen molar-refractivity contribution in [3.63, 3.8) is 0 Å². The van der Waals surface area contributed by atoms with E-state index in [0.717, 1.165) is 16.8 Å². The van der Waals surface area contributed by atoms with E-state index in [-0.39, 0.29) is 11.9 Å². The molecule has 0 aliphatic carbocycles. The van der Waals surface area contributed by atoms with Crippen LogP contribution in [0.1, 0.15) is 23.6 Å². The fourth-order valence-corrected chi connectivity index (χ4v) is 2.27. The topological polar surface area (TPSA) is 35.8 Å². The van der Waals surface area contributed by atoms with Crippen molar-refractivity contribution < 1.29 is 4.39 Å². The molecule has 2 aromatic carbocycles. The van der Waals surface area contributed by atoms with E-state index >= 15 is 0 Å². The highest BCUT2D eigenvalue weighted by molar-refractivity contribution is 5.61. The normalized spacial score (nSPS) is 11.7. The van der Waals surface area contributed by atoms with Crippen molar-refractivity contribution in [3.05, 3.63) is 65.0 Å². The summed E-state index contributed by atoms with van der Waals surface area (Å²) in [6.45, 7) is 3.94. The Labute approximate surface area is 118 Å². The summed E-state index contributed by atoms with van der Waals surface area (Å²) < 4.78 is 13.2. The largest absolute Gasteiger partial charge is 0.381 e. The second-order valence-corrected chi connectivity index (χ2v) is 4.99. The van der Waals surface area contributed by atoms with Gasteiger partial charge in [0.25, 0.3) is 0 Å². The van der Waals surface area contributed by atoms with Crippen molar-refractivity contribution in [3.8, 4) is 6.07 Å². The van der Waals surface area contributed by atoms with Crippen LogP contribution in [-0.4, -0.2) is 6.04 Å². The second kappa shape index (κ2) is 6.21. The maximum atomic E-state index is 13.2. The third-order valence-electron chi connectivity index (χ3n) is 3.22. The zero-order valence-corrected chi connectivity index (χ0v) is 11.7. The summed E-state index contributed by atoms with van der Waals surface area (Å²) in [5, 5.41) is 12.5. The standard InChI is InChI=1S/C17H17FN2/c1-12-5-3-8-17(16(12)11-19)20-13(2)9-14-6-4-7-15(18)10-14/h3-8,10,13,20H,9H2,1-2H3. The highest BCUT2D eigenvalue weighted by Crippen LogP contribution is 2.20. The molecule has 0 spiro atoms. The Morgan fingerprint density at radius 1 is 1.25 bits per heavy atom. The summed E-state index contributed by atoms with van der Waals surface area (Å²) in [7, 11) is 0. The van der Waals surface area contributed by atoms with Crippen LogP contribution in [0.4, 0.5) is 10.1 Å². The first-order valence-electron chi connectivity index (χ1n) is 6.61. The van der Waals surface area contributed by atoms with Crippen LogP contribution in [0.2, 0.25) is 0 Å². The van der Waals surface area contributed by atoms with Crippen LogP contribution in [-0.2, 0) is 6.42 Å². The molecule has 1 atom stereocenters. The van der Waals surface area contributed by atoms with Gasteiger partial charge in [0.1, 0.15) is 11.9 Å². The number of hydrogen-bond donors (Lipinski definition) is 1. The van der Waals surface area contributed by atoms with E-state index in [0.29, 0.717) is 12.0 Å². The van der Waals surface area contributed by atoms with Crippen LogP contribution in [0.25, 0.3) is 0 Å². The molecule has 0 aromatic heterocycles. The molecule has 0 fully saturated rings. The quantitative estimate of drug-likeness (QED) is 0.908. The SMILES string of the molecule is Cc1cccc(NC(C)Cc2cccc(F)c2)c1C#N. The lowest BCUT2D eigenvalue weighted by atomic mass is 10.0. The number of nitrogens with zero attached hydrogens (tertiary/aromatic N) is 1. The highest BCUT2D eigenvalue weighted by Gasteiger charge is 2.09. The molecule has 1 unspecified atom stereocenters. The smallest absolute Gasteiger partial charge is 0.123 e. The lowest BCUT2D eigenvalue weighted by Gasteiger charge is -2.17. The molecule has 1 N–H and O–H groups in total. The van der Waals surface area contributed by atoms with E-state index in [1.807, 2.05) is 38.1 Å². The fourth-order valence-electron chi connectivity index (χ4n) is 2.27. The number of rotatable bonds is 4. The summed E-state index contributed by atoms with van der Waals surface area (Å²) >= 11 is 0. The number of anilines is 1. The first kappa shape index (κ1) is 14.1. The molecule has 102 valence electrons. The van der Waals surface area contributed by atoms with Crippen molar-refractivity contribution in [2.45, 2.75) is 26.3 Å². The lowest BCUT2D eigenvalue weighted by Crippen LogP contribution is -2.19. The zero-order chi connectivity index (χ0) is 14.5. The zero-order valence-electron chi connectivity index (χ0n) is 11.7. The summed E-state index contributed by atoms with van der Waals surface area (Å²) in [4.78, 5) is 0. The molecule has 0 amide bonds. The van der Waals surface area contributed by atoms with Gasteiger partial charge in [-0.25, -0.2) is 4.39 Å². The van der Waals surface area contributed by atoms with Crippen molar-refractivity contribution in [1.82, 2.24) is 0 Å². The van der Waals surface area contributed by atoms with Gasteiger partial charge in [0.05, 0.1) is 11.3 Å². The first-order chi connectivity index (χ1) is 9.60. The van der Waals surface area contributed by atoms with Crippen LogP contribution in [0.15, 0.2) is 42.5 Å². The van der Waals surface area contributed by atoms with Gasteiger partial charge in [-0.15, -0.1) is 0 Å². The van der Waals surface area contributed by atoms with Gasteiger partial charge >= 0.3 is 0 Å². The summed E-state index contributed by atoms with van der Waals surface area (Å²) in [5.74, 6) is -0.219. The Hall–Kier alpha value is -2.34. The van der Waals surface area contributed by atoms with Crippen LogP contribution in [0.5, 0.6) is 0 Å². The molecular formula is C17H17FN2. The van der Waals surface area contributed by atoms with Crippen molar-refractivity contribution in [1.29, 1.82) is 5.26 Å².